The second-order valence-electron chi connectivity index (χ2n) is 2.47. The van der Waals surface area contributed by atoms with E-state index in [2.05, 4.69) is 15.9 Å². The van der Waals surface area contributed by atoms with Crippen LogP contribution in [-0.4, -0.2) is 12.8 Å². The number of methoxy groups -OCH3 is 1. The summed E-state index contributed by atoms with van der Waals surface area (Å²) in [5, 5.41) is 7.48. The quantitative estimate of drug-likeness (QED) is 0.775. The minimum atomic E-state index is 0.508. The number of hydrogen-bond acceptors (Lipinski definition) is 2. The van der Waals surface area contributed by atoms with Gasteiger partial charge in [-0.25, -0.2) is 0 Å². The predicted octanol–water partition coefficient (Wildman–Crippen LogP) is 2.85. The molecule has 0 radical (unpaired) electrons. The van der Waals surface area contributed by atoms with Gasteiger partial charge in [0.1, 0.15) is 5.75 Å². The molecule has 0 spiro atoms. The van der Waals surface area contributed by atoms with Gasteiger partial charge >= 0.3 is 0 Å². The molecule has 0 saturated carbocycles. The number of ether oxygens (including phenoxy) is 1. The van der Waals surface area contributed by atoms with E-state index in [0.717, 1.165) is 15.8 Å². The van der Waals surface area contributed by atoms with E-state index in [9.17, 15) is 0 Å². The first-order valence-corrected chi connectivity index (χ1v) is 4.33. The van der Waals surface area contributed by atoms with Crippen LogP contribution in [0.15, 0.2) is 22.7 Å². The molecule has 0 saturated heterocycles. The molecule has 1 aromatic carbocycles. The molecule has 0 aliphatic heterocycles. The Balaban J connectivity index is 3.21. The van der Waals surface area contributed by atoms with Gasteiger partial charge in [-0.15, -0.1) is 0 Å². The maximum Gasteiger partial charge on any atom is 0.127 e. The molecule has 1 rings (SSSR count). The van der Waals surface area contributed by atoms with Gasteiger partial charge < -0.3 is 10.1 Å². The average Bonchev–Trinajstić information content (AvgIpc) is 2.04. The second-order valence-corrected chi connectivity index (χ2v) is 3.39. The first-order chi connectivity index (χ1) is 5.65. The molecule has 0 heterocycles. The summed E-state index contributed by atoms with van der Waals surface area (Å²) < 4.78 is 6.06. The van der Waals surface area contributed by atoms with Crippen LogP contribution in [0.4, 0.5) is 0 Å². The van der Waals surface area contributed by atoms with Crippen molar-refractivity contribution in [1.82, 2.24) is 0 Å². The molecule has 2 nitrogen and oxygen atoms in total. The van der Waals surface area contributed by atoms with Gasteiger partial charge in [0.25, 0.3) is 0 Å². The number of halogens is 1. The molecular weight excluding hydrogens is 218 g/mol. The molecule has 1 aromatic rings. The summed E-state index contributed by atoms with van der Waals surface area (Å²) in [6.45, 7) is 1.74. The van der Waals surface area contributed by atoms with E-state index in [1.54, 1.807) is 14.0 Å². The van der Waals surface area contributed by atoms with Crippen LogP contribution in [0.25, 0.3) is 0 Å². The molecule has 0 unspecified atom stereocenters. The summed E-state index contributed by atoms with van der Waals surface area (Å²) in [5.74, 6) is 0.741. The third kappa shape index (κ3) is 1.85. The standard InChI is InChI=1S/C9H10BrNO/c1-6(11)8-5-7(10)3-4-9(8)12-2/h3-5,11H,1-2H3. The lowest BCUT2D eigenvalue weighted by atomic mass is 10.1. The minimum absolute atomic E-state index is 0.508. The summed E-state index contributed by atoms with van der Waals surface area (Å²) in [5.41, 5.74) is 1.33. The highest BCUT2D eigenvalue weighted by molar-refractivity contribution is 9.10. The van der Waals surface area contributed by atoms with Crippen molar-refractivity contribution in [2.24, 2.45) is 0 Å². The Morgan fingerprint density at radius 2 is 2.17 bits per heavy atom. The molecule has 0 bridgehead atoms. The highest BCUT2D eigenvalue weighted by Crippen LogP contribution is 2.22. The maximum atomic E-state index is 7.48. The first-order valence-electron chi connectivity index (χ1n) is 3.54. The van der Waals surface area contributed by atoms with Crippen LogP contribution in [0.2, 0.25) is 0 Å². The van der Waals surface area contributed by atoms with Crippen LogP contribution >= 0.6 is 15.9 Å². The second kappa shape index (κ2) is 3.72. The van der Waals surface area contributed by atoms with E-state index in [-0.39, 0.29) is 0 Å². The molecule has 0 aromatic heterocycles. The first kappa shape index (κ1) is 9.26. The van der Waals surface area contributed by atoms with Crippen LogP contribution in [-0.2, 0) is 0 Å². The average molecular weight is 228 g/mol. The Kier molecular flexibility index (Phi) is 2.87. The lowest BCUT2D eigenvalue weighted by Gasteiger charge is -2.06. The highest BCUT2D eigenvalue weighted by Gasteiger charge is 2.04. The van der Waals surface area contributed by atoms with Gasteiger partial charge in [-0.2, -0.15) is 0 Å². The van der Waals surface area contributed by atoms with Crippen molar-refractivity contribution in [1.29, 1.82) is 5.41 Å². The van der Waals surface area contributed by atoms with Crippen LogP contribution < -0.4 is 4.74 Å². The highest BCUT2D eigenvalue weighted by atomic mass is 79.9. The zero-order valence-corrected chi connectivity index (χ0v) is 8.60. The molecule has 12 heavy (non-hydrogen) atoms. The summed E-state index contributed by atoms with van der Waals surface area (Å²) in [7, 11) is 1.61. The zero-order valence-electron chi connectivity index (χ0n) is 7.02. The van der Waals surface area contributed by atoms with Crippen molar-refractivity contribution in [3.8, 4) is 5.75 Å². The number of hydrogen-bond donors (Lipinski definition) is 1. The number of benzene rings is 1. The van der Waals surface area contributed by atoms with Gasteiger partial charge in [0.2, 0.25) is 0 Å². The van der Waals surface area contributed by atoms with Crippen LogP contribution in [0, 0.1) is 5.41 Å². The third-order valence-corrected chi connectivity index (χ3v) is 2.06. The van der Waals surface area contributed by atoms with Crippen molar-refractivity contribution >= 4 is 21.6 Å². The predicted molar refractivity (Wildman–Crippen MR) is 53.2 cm³/mol. The van der Waals surface area contributed by atoms with Crippen molar-refractivity contribution < 1.29 is 4.74 Å². The summed E-state index contributed by atoms with van der Waals surface area (Å²) in [4.78, 5) is 0. The molecule has 3 heteroatoms. The zero-order chi connectivity index (χ0) is 9.14. The van der Waals surface area contributed by atoms with Gasteiger partial charge in [-0.3, -0.25) is 0 Å². The topological polar surface area (TPSA) is 33.1 Å². The monoisotopic (exact) mass is 227 g/mol. The van der Waals surface area contributed by atoms with Crippen molar-refractivity contribution in [2.75, 3.05) is 7.11 Å². The van der Waals surface area contributed by atoms with E-state index in [1.807, 2.05) is 18.2 Å². The van der Waals surface area contributed by atoms with E-state index in [1.165, 1.54) is 0 Å². The fourth-order valence-corrected chi connectivity index (χ4v) is 1.33. The molecule has 0 fully saturated rings. The Labute approximate surface area is 80.2 Å². The van der Waals surface area contributed by atoms with Crippen molar-refractivity contribution in [2.45, 2.75) is 6.92 Å². The molecular formula is C9H10BrNO. The smallest absolute Gasteiger partial charge is 0.127 e. The van der Waals surface area contributed by atoms with E-state index >= 15 is 0 Å². The van der Waals surface area contributed by atoms with Gasteiger partial charge in [0.05, 0.1) is 7.11 Å². The summed E-state index contributed by atoms with van der Waals surface area (Å²) in [6, 6.07) is 5.61. The number of nitrogens with one attached hydrogen (secondary N) is 1. The molecule has 64 valence electrons. The number of rotatable bonds is 2. The molecule has 0 atom stereocenters. The Hall–Kier alpha value is -0.830. The molecule has 0 amide bonds. The minimum Gasteiger partial charge on any atom is -0.496 e. The summed E-state index contributed by atoms with van der Waals surface area (Å²) >= 11 is 3.34. The molecule has 0 aliphatic carbocycles. The SMILES string of the molecule is COc1ccc(Br)cc1C(C)=N. The summed E-state index contributed by atoms with van der Waals surface area (Å²) in [6.07, 6.45) is 0. The van der Waals surface area contributed by atoms with Crippen molar-refractivity contribution in [3.05, 3.63) is 28.2 Å². The Morgan fingerprint density at radius 3 is 2.67 bits per heavy atom. The van der Waals surface area contributed by atoms with Crippen molar-refractivity contribution in [3.63, 3.8) is 0 Å². The van der Waals surface area contributed by atoms with Crippen LogP contribution in [0.1, 0.15) is 12.5 Å². The van der Waals surface area contributed by atoms with Crippen LogP contribution in [0.3, 0.4) is 0 Å². The van der Waals surface area contributed by atoms with Gasteiger partial charge in [-0.1, -0.05) is 15.9 Å². The largest absolute Gasteiger partial charge is 0.496 e. The lowest BCUT2D eigenvalue weighted by Crippen LogP contribution is -1.96. The lowest BCUT2D eigenvalue weighted by molar-refractivity contribution is 0.414. The molecule has 0 aliphatic rings. The fourth-order valence-electron chi connectivity index (χ4n) is 0.973. The Bertz CT molecular complexity index is 309. The van der Waals surface area contributed by atoms with Gasteiger partial charge in [0.15, 0.2) is 0 Å². The third-order valence-electron chi connectivity index (χ3n) is 1.57. The molecule has 1 N–H and O–H groups in total. The van der Waals surface area contributed by atoms with Gasteiger partial charge in [-0.05, 0) is 25.1 Å². The van der Waals surface area contributed by atoms with Crippen LogP contribution in [0.5, 0.6) is 5.75 Å². The van der Waals surface area contributed by atoms with Gasteiger partial charge in [0, 0.05) is 15.7 Å². The maximum absolute atomic E-state index is 7.48. The Morgan fingerprint density at radius 1 is 1.50 bits per heavy atom. The van der Waals surface area contributed by atoms with E-state index < -0.39 is 0 Å². The van der Waals surface area contributed by atoms with E-state index in [4.69, 9.17) is 10.1 Å². The van der Waals surface area contributed by atoms with E-state index in [0.29, 0.717) is 5.71 Å². The normalized spacial score (nSPS) is 9.58. The fraction of sp³-hybridized carbons (Fsp3) is 0.222.